The average Bonchev–Trinajstić information content (AvgIpc) is 2.27. The van der Waals surface area contributed by atoms with Crippen molar-refractivity contribution in [2.45, 2.75) is 38.0 Å². The second kappa shape index (κ2) is 5.88. The number of alkyl halides is 3. The van der Waals surface area contributed by atoms with Gasteiger partial charge in [-0.15, -0.1) is 0 Å². The van der Waals surface area contributed by atoms with Crippen LogP contribution in [0.25, 0.3) is 0 Å². The van der Waals surface area contributed by atoms with Crippen LogP contribution in [0.2, 0.25) is 0 Å². The van der Waals surface area contributed by atoms with Gasteiger partial charge in [0.25, 0.3) is 0 Å². The van der Waals surface area contributed by atoms with E-state index in [1.54, 1.807) is 11.8 Å². The predicted octanol–water partition coefficient (Wildman–Crippen LogP) is 1.33. The number of hydrogen-bond donors (Lipinski definition) is 1. The molecule has 0 aromatic heterocycles. The Morgan fingerprint density at radius 2 is 1.94 bits per heavy atom. The zero-order chi connectivity index (χ0) is 13.8. The lowest BCUT2D eigenvalue weighted by atomic mass is 9.91. The highest BCUT2D eigenvalue weighted by atomic mass is 19.4. The number of piperidine rings is 1. The van der Waals surface area contributed by atoms with Crippen LogP contribution in [0.1, 0.15) is 26.2 Å². The van der Waals surface area contributed by atoms with Gasteiger partial charge < -0.3 is 14.7 Å². The monoisotopic (exact) mass is 269 g/mol. The fraction of sp³-hybridized carbons (Fsp3) is 0.909. The molecule has 1 N–H and O–H groups in total. The van der Waals surface area contributed by atoms with E-state index in [0.717, 1.165) is 0 Å². The van der Waals surface area contributed by atoms with Gasteiger partial charge in [0.1, 0.15) is 0 Å². The molecule has 18 heavy (non-hydrogen) atoms. The largest absolute Gasteiger partial charge is 0.466 e. The number of halogens is 3. The van der Waals surface area contributed by atoms with Crippen molar-refractivity contribution in [3.8, 4) is 0 Å². The van der Waals surface area contributed by atoms with Crippen LogP contribution in [-0.4, -0.2) is 54.0 Å². The van der Waals surface area contributed by atoms with Gasteiger partial charge in [0, 0.05) is 19.6 Å². The van der Waals surface area contributed by atoms with Crippen molar-refractivity contribution >= 4 is 5.97 Å². The number of nitrogens with zero attached hydrogens (tertiary/aromatic N) is 1. The van der Waals surface area contributed by atoms with E-state index in [0.29, 0.717) is 13.2 Å². The zero-order valence-electron chi connectivity index (χ0n) is 10.3. The Bertz CT molecular complexity index is 286. The molecule has 1 fully saturated rings. The highest BCUT2D eigenvalue weighted by molar-refractivity contribution is 5.69. The molecule has 0 atom stereocenters. The number of aliphatic hydroxyl groups is 1. The summed E-state index contributed by atoms with van der Waals surface area (Å²) in [6, 6.07) is 0. The highest BCUT2D eigenvalue weighted by Gasteiger charge is 2.54. The molecular weight excluding hydrogens is 251 g/mol. The molecule has 0 radical (unpaired) electrons. The Morgan fingerprint density at radius 3 is 2.39 bits per heavy atom. The molecule has 0 aliphatic carbocycles. The second-order valence-electron chi connectivity index (χ2n) is 4.43. The quantitative estimate of drug-likeness (QED) is 0.782. The molecule has 4 nitrogen and oxygen atoms in total. The fourth-order valence-electron chi connectivity index (χ4n) is 1.91. The van der Waals surface area contributed by atoms with Gasteiger partial charge in [-0.25, -0.2) is 0 Å². The number of esters is 1. The highest BCUT2D eigenvalue weighted by Crippen LogP contribution is 2.38. The third-order valence-electron chi connectivity index (χ3n) is 3.15. The number of rotatable bonds is 4. The summed E-state index contributed by atoms with van der Waals surface area (Å²) in [5, 5.41) is 9.44. The maximum Gasteiger partial charge on any atom is 0.417 e. The van der Waals surface area contributed by atoms with Crippen molar-refractivity contribution in [1.82, 2.24) is 4.90 Å². The Labute approximate surface area is 104 Å². The number of likely N-dealkylation sites (tertiary alicyclic amines) is 1. The molecule has 1 rings (SSSR count). The molecule has 1 heterocycles. The summed E-state index contributed by atoms with van der Waals surface area (Å²) in [7, 11) is 0. The van der Waals surface area contributed by atoms with Gasteiger partial charge in [0.2, 0.25) is 0 Å². The van der Waals surface area contributed by atoms with E-state index in [1.807, 2.05) is 0 Å². The third kappa shape index (κ3) is 3.84. The molecule has 1 saturated heterocycles. The molecule has 0 unspecified atom stereocenters. The first-order valence-electron chi connectivity index (χ1n) is 5.95. The van der Waals surface area contributed by atoms with Crippen molar-refractivity contribution in [3.05, 3.63) is 0 Å². The number of hydrogen-bond acceptors (Lipinski definition) is 4. The first-order valence-corrected chi connectivity index (χ1v) is 5.95. The number of carbonyl (C=O) groups excluding carboxylic acids is 1. The molecule has 1 aliphatic rings. The van der Waals surface area contributed by atoms with Crippen molar-refractivity contribution in [1.29, 1.82) is 0 Å². The van der Waals surface area contributed by atoms with Gasteiger partial charge in [0.15, 0.2) is 5.60 Å². The summed E-state index contributed by atoms with van der Waals surface area (Å²) in [6.45, 7) is 2.63. The van der Waals surface area contributed by atoms with Crippen LogP contribution in [0, 0.1) is 0 Å². The topological polar surface area (TPSA) is 49.8 Å². The predicted molar refractivity (Wildman–Crippen MR) is 57.9 cm³/mol. The Kier molecular flexibility index (Phi) is 4.98. The summed E-state index contributed by atoms with van der Waals surface area (Å²) in [4.78, 5) is 12.8. The van der Waals surface area contributed by atoms with Gasteiger partial charge in [-0.1, -0.05) is 0 Å². The van der Waals surface area contributed by atoms with Crippen molar-refractivity contribution in [3.63, 3.8) is 0 Å². The summed E-state index contributed by atoms with van der Waals surface area (Å²) >= 11 is 0. The zero-order valence-corrected chi connectivity index (χ0v) is 10.3. The van der Waals surface area contributed by atoms with E-state index in [2.05, 4.69) is 0 Å². The van der Waals surface area contributed by atoms with E-state index >= 15 is 0 Å². The van der Waals surface area contributed by atoms with Crippen molar-refractivity contribution < 1.29 is 27.8 Å². The first kappa shape index (κ1) is 15.2. The van der Waals surface area contributed by atoms with E-state index < -0.39 is 11.8 Å². The molecule has 1 aliphatic heterocycles. The van der Waals surface area contributed by atoms with E-state index in [-0.39, 0.29) is 38.3 Å². The van der Waals surface area contributed by atoms with E-state index in [9.17, 15) is 23.1 Å². The van der Waals surface area contributed by atoms with Crippen LogP contribution in [0.4, 0.5) is 13.2 Å². The van der Waals surface area contributed by atoms with Gasteiger partial charge in [-0.3, -0.25) is 4.79 Å². The van der Waals surface area contributed by atoms with Crippen LogP contribution >= 0.6 is 0 Å². The van der Waals surface area contributed by atoms with Gasteiger partial charge in [-0.05, 0) is 19.8 Å². The summed E-state index contributed by atoms with van der Waals surface area (Å²) < 4.78 is 42.3. The molecule has 0 aromatic carbocycles. The van der Waals surface area contributed by atoms with Crippen LogP contribution in [-0.2, 0) is 9.53 Å². The minimum atomic E-state index is -4.58. The van der Waals surface area contributed by atoms with Crippen LogP contribution in [0.3, 0.4) is 0 Å². The number of ether oxygens (including phenoxy) is 1. The Hall–Kier alpha value is -0.820. The fourth-order valence-corrected chi connectivity index (χ4v) is 1.91. The smallest absolute Gasteiger partial charge is 0.417 e. The van der Waals surface area contributed by atoms with Crippen molar-refractivity contribution in [2.75, 3.05) is 26.2 Å². The van der Waals surface area contributed by atoms with Crippen LogP contribution < -0.4 is 0 Å². The number of carbonyl (C=O) groups is 1. The lowest BCUT2D eigenvalue weighted by molar-refractivity contribution is -0.272. The molecule has 0 bridgehead atoms. The van der Waals surface area contributed by atoms with E-state index in [1.165, 1.54) is 0 Å². The minimum absolute atomic E-state index is 0.134. The lowest BCUT2D eigenvalue weighted by Crippen LogP contribution is -2.53. The van der Waals surface area contributed by atoms with Gasteiger partial charge >= 0.3 is 12.1 Å². The summed E-state index contributed by atoms with van der Waals surface area (Å²) in [6.07, 6.45) is -5.11. The normalized spacial score (nSPS) is 20.7. The third-order valence-corrected chi connectivity index (χ3v) is 3.15. The molecule has 0 spiro atoms. The Balaban J connectivity index is 2.34. The standard InChI is InChI=1S/C11H18F3NO3/c1-2-18-9(16)3-6-15-7-4-10(17,5-8-15)11(12,13)14/h17H,2-8H2,1H3. The van der Waals surface area contributed by atoms with E-state index in [4.69, 9.17) is 4.74 Å². The maximum absolute atomic E-state index is 12.5. The first-order chi connectivity index (χ1) is 8.28. The molecular formula is C11H18F3NO3. The summed E-state index contributed by atoms with van der Waals surface area (Å²) in [5.41, 5.74) is -2.58. The SMILES string of the molecule is CCOC(=O)CCN1CCC(O)(C(F)(F)F)CC1. The molecule has 0 amide bonds. The molecule has 7 heteroatoms. The van der Waals surface area contributed by atoms with Gasteiger partial charge in [0.05, 0.1) is 13.0 Å². The molecule has 106 valence electrons. The minimum Gasteiger partial charge on any atom is -0.466 e. The van der Waals surface area contributed by atoms with Crippen LogP contribution in [0.5, 0.6) is 0 Å². The second-order valence-corrected chi connectivity index (χ2v) is 4.43. The van der Waals surface area contributed by atoms with Crippen LogP contribution in [0.15, 0.2) is 0 Å². The molecule has 0 aromatic rings. The lowest BCUT2D eigenvalue weighted by Gasteiger charge is -2.38. The summed E-state index contributed by atoms with van der Waals surface area (Å²) in [5.74, 6) is -0.353. The maximum atomic E-state index is 12.5. The van der Waals surface area contributed by atoms with Crippen molar-refractivity contribution in [2.24, 2.45) is 0 Å². The average molecular weight is 269 g/mol. The molecule has 0 saturated carbocycles. The Morgan fingerprint density at radius 1 is 1.39 bits per heavy atom. The van der Waals surface area contributed by atoms with Gasteiger partial charge in [-0.2, -0.15) is 13.2 Å².